The van der Waals surface area contributed by atoms with E-state index in [9.17, 15) is 9.59 Å². The zero-order valence-corrected chi connectivity index (χ0v) is 13.2. The third-order valence-corrected chi connectivity index (χ3v) is 4.26. The molecule has 0 fully saturated rings. The molecule has 0 radical (unpaired) electrons. The number of halogens is 2. The highest BCUT2D eigenvalue weighted by molar-refractivity contribution is 6.46. The largest absolute Gasteiger partial charge is 0.437 e. The minimum Gasteiger partial charge on any atom is -0.437 e. The smallest absolute Gasteiger partial charge is 0.266 e. The Morgan fingerprint density at radius 3 is 2.17 bits per heavy atom. The molecule has 0 spiro atoms. The number of Topliss-reactive ketones (excluding diaryl/α,β-unsaturated/α-hetero) is 2. The molecule has 0 amide bonds. The Bertz CT molecular complexity index is 967. The molecule has 3 aromatic rings. The fourth-order valence-corrected chi connectivity index (χ4v) is 2.85. The molecule has 0 aliphatic heterocycles. The number of hydrogen-bond donors (Lipinski definition) is 0. The van der Waals surface area contributed by atoms with Gasteiger partial charge in [-0.1, -0.05) is 23.2 Å². The number of benzene rings is 1. The van der Waals surface area contributed by atoms with Crippen LogP contribution in [0.2, 0.25) is 10.0 Å². The van der Waals surface area contributed by atoms with Crippen LogP contribution in [-0.2, 0) is 0 Å². The van der Waals surface area contributed by atoms with Crippen LogP contribution in [0.5, 0.6) is 0 Å². The van der Waals surface area contributed by atoms with E-state index < -0.39 is 11.6 Å². The molecule has 0 unspecified atom stereocenters. The summed E-state index contributed by atoms with van der Waals surface area (Å²) >= 11 is 11.8. The predicted molar refractivity (Wildman–Crippen MR) is 84.1 cm³/mol. The minimum absolute atomic E-state index is 0.00791. The summed E-state index contributed by atoms with van der Waals surface area (Å²) in [6.45, 7) is 1.70. The van der Waals surface area contributed by atoms with E-state index in [4.69, 9.17) is 32.0 Å². The number of carbonyl (C=O) groups excluding carboxylic acids is 2. The molecule has 4 rings (SSSR count). The molecule has 1 aromatic carbocycles. The van der Waals surface area contributed by atoms with E-state index in [1.807, 2.05) is 0 Å². The lowest BCUT2D eigenvalue weighted by Gasteiger charge is -1.98. The highest BCUT2D eigenvalue weighted by Crippen LogP contribution is 2.34. The maximum absolute atomic E-state index is 12.4. The van der Waals surface area contributed by atoms with E-state index in [1.165, 1.54) is 18.2 Å². The fraction of sp³-hybridized carbons (Fsp3) is 0.0625. The summed E-state index contributed by atoms with van der Waals surface area (Å²) in [6, 6.07) is 4.38. The van der Waals surface area contributed by atoms with Crippen molar-refractivity contribution in [3.63, 3.8) is 0 Å². The van der Waals surface area contributed by atoms with Crippen molar-refractivity contribution < 1.29 is 18.4 Å². The highest BCUT2D eigenvalue weighted by Gasteiger charge is 2.34. The van der Waals surface area contributed by atoms with Gasteiger partial charge in [-0.15, -0.1) is 0 Å². The second-order valence-electron chi connectivity index (χ2n) is 5.08. The number of aryl methyl sites for hydroxylation is 1. The van der Waals surface area contributed by atoms with Crippen molar-refractivity contribution >= 4 is 52.1 Å². The monoisotopic (exact) mass is 347 g/mol. The predicted octanol–water partition coefficient (Wildman–Crippen LogP) is 4.50. The van der Waals surface area contributed by atoms with Crippen LogP contribution in [0.4, 0.5) is 0 Å². The summed E-state index contributed by atoms with van der Waals surface area (Å²) in [7, 11) is 0. The Morgan fingerprint density at radius 2 is 1.61 bits per heavy atom. The molecule has 0 saturated heterocycles. The molecule has 1 aliphatic carbocycles. The van der Waals surface area contributed by atoms with Gasteiger partial charge in [0.05, 0.1) is 15.6 Å². The first kappa shape index (κ1) is 14.2. The normalized spacial score (nSPS) is 14.0. The van der Waals surface area contributed by atoms with E-state index in [0.29, 0.717) is 22.9 Å². The van der Waals surface area contributed by atoms with Crippen molar-refractivity contribution in [3.8, 4) is 0 Å². The molecule has 1 aliphatic rings. The number of ketones is 2. The number of rotatable bonds is 1. The molecular formula is C16H7Cl2NO4. The maximum atomic E-state index is 12.4. The van der Waals surface area contributed by atoms with Gasteiger partial charge in [0, 0.05) is 24.1 Å². The van der Waals surface area contributed by atoms with Crippen LogP contribution in [0.15, 0.2) is 32.6 Å². The van der Waals surface area contributed by atoms with E-state index >= 15 is 0 Å². The summed E-state index contributed by atoms with van der Waals surface area (Å²) in [5.41, 5.74) is 1.23. The lowest BCUT2D eigenvalue weighted by atomic mass is 10.1. The average molecular weight is 348 g/mol. The van der Waals surface area contributed by atoms with Gasteiger partial charge in [0.1, 0.15) is 5.76 Å². The van der Waals surface area contributed by atoms with Crippen LogP contribution >= 0.6 is 23.2 Å². The van der Waals surface area contributed by atoms with Crippen LogP contribution in [0.3, 0.4) is 0 Å². The van der Waals surface area contributed by atoms with Crippen molar-refractivity contribution in [1.82, 2.24) is 4.98 Å². The second kappa shape index (κ2) is 4.81. The molecular weight excluding hydrogens is 341 g/mol. The number of nitrogens with zero attached hydrogens (tertiary/aromatic N) is 1. The van der Waals surface area contributed by atoms with Crippen molar-refractivity contribution in [2.75, 3.05) is 0 Å². The Morgan fingerprint density at radius 1 is 1.00 bits per heavy atom. The average Bonchev–Trinajstić information content (AvgIpc) is 3.07. The first-order valence-electron chi connectivity index (χ1n) is 6.61. The number of aromatic nitrogens is 1. The fourth-order valence-electron chi connectivity index (χ4n) is 2.52. The Labute approximate surface area is 139 Å². The topological polar surface area (TPSA) is 73.3 Å². The van der Waals surface area contributed by atoms with E-state index in [-0.39, 0.29) is 26.7 Å². The molecule has 0 bridgehead atoms. The lowest BCUT2D eigenvalue weighted by molar-refractivity contribution is 0.0990. The van der Waals surface area contributed by atoms with Crippen LogP contribution in [-0.4, -0.2) is 16.6 Å². The first-order valence-corrected chi connectivity index (χ1v) is 7.37. The van der Waals surface area contributed by atoms with Gasteiger partial charge in [-0.3, -0.25) is 9.59 Å². The quantitative estimate of drug-likeness (QED) is 0.478. The standard InChI is InChI=1S/C16H7Cl2NO4/c1-6-19-16-13(22-6)3-7(23-16)2-10-14(20)8-4-11(17)12(18)5-9(8)15(10)21/h2-5H,1H3. The molecule has 2 heterocycles. The lowest BCUT2D eigenvalue weighted by Crippen LogP contribution is -1.99. The van der Waals surface area contributed by atoms with Crippen molar-refractivity contribution in [2.45, 2.75) is 6.92 Å². The zero-order valence-electron chi connectivity index (χ0n) is 11.6. The number of allylic oxidation sites excluding steroid dienone is 1. The van der Waals surface area contributed by atoms with Crippen LogP contribution < -0.4 is 0 Å². The van der Waals surface area contributed by atoms with Crippen LogP contribution in [0, 0.1) is 6.92 Å². The second-order valence-corrected chi connectivity index (χ2v) is 5.89. The number of furan rings is 1. The molecule has 114 valence electrons. The van der Waals surface area contributed by atoms with Crippen molar-refractivity contribution in [1.29, 1.82) is 0 Å². The molecule has 0 atom stereocenters. The summed E-state index contributed by atoms with van der Waals surface area (Å²) in [5, 5.41) is 0.450. The van der Waals surface area contributed by atoms with Gasteiger partial charge in [-0.2, -0.15) is 4.98 Å². The number of carbonyl (C=O) groups is 2. The zero-order chi connectivity index (χ0) is 16.3. The molecule has 7 heteroatoms. The van der Waals surface area contributed by atoms with E-state index in [0.717, 1.165) is 0 Å². The Hall–Kier alpha value is -2.37. The van der Waals surface area contributed by atoms with Gasteiger partial charge >= 0.3 is 0 Å². The third kappa shape index (κ3) is 2.12. The maximum Gasteiger partial charge on any atom is 0.266 e. The molecule has 2 aromatic heterocycles. The number of oxazole rings is 1. The van der Waals surface area contributed by atoms with Gasteiger partial charge in [0.15, 0.2) is 23.0 Å². The Kier molecular flexibility index (Phi) is 2.98. The third-order valence-electron chi connectivity index (χ3n) is 3.54. The molecule has 5 nitrogen and oxygen atoms in total. The minimum atomic E-state index is -0.416. The number of hydrogen-bond acceptors (Lipinski definition) is 5. The van der Waals surface area contributed by atoms with Gasteiger partial charge in [-0.05, 0) is 18.2 Å². The van der Waals surface area contributed by atoms with Gasteiger partial charge in [0.25, 0.3) is 5.71 Å². The van der Waals surface area contributed by atoms with Gasteiger partial charge in [0.2, 0.25) is 0 Å². The first-order chi connectivity index (χ1) is 10.9. The Balaban J connectivity index is 1.81. The highest BCUT2D eigenvalue weighted by atomic mass is 35.5. The summed E-state index contributed by atoms with van der Waals surface area (Å²) in [5.74, 6) is -0.0444. The van der Waals surface area contributed by atoms with E-state index in [2.05, 4.69) is 4.98 Å². The van der Waals surface area contributed by atoms with Gasteiger partial charge < -0.3 is 8.83 Å². The van der Waals surface area contributed by atoms with Gasteiger partial charge in [-0.25, -0.2) is 0 Å². The summed E-state index contributed by atoms with van der Waals surface area (Å²) < 4.78 is 10.8. The van der Waals surface area contributed by atoms with Crippen molar-refractivity contribution in [2.24, 2.45) is 0 Å². The molecule has 23 heavy (non-hydrogen) atoms. The SMILES string of the molecule is Cc1nc2oc(C=C3C(=O)c4cc(Cl)c(Cl)cc4C3=O)cc2o1. The van der Waals surface area contributed by atoms with Crippen molar-refractivity contribution in [3.05, 3.63) is 56.6 Å². The summed E-state index contributed by atoms with van der Waals surface area (Å²) in [6.07, 6.45) is 1.37. The molecule has 0 N–H and O–H groups in total. The molecule has 0 saturated carbocycles. The van der Waals surface area contributed by atoms with Crippen LogP contribution in [0.1, 0.15) is 32.4 Å². The van der Waals surface area contributed by atoms with Crippen LogP contribution in [0.25, 0.3) is 17.4 Å². The van der Waals surface area contributed by atoms with E-state index in [1.54, 1.807) is 13.0 Å². The number of fused-ring (bicyclic) bond motifs is 2. The summed E-state index contributed by atoms with van der Waals surface area (Å²) in [4.78, 5) is 28.9.